The van der Waals surface area contributed by atoms with Crippen LogP contribution in [0, 0.1) is 0 Å². The Kier molecular flexibility index (Phi) is 4.60. The average Bonchev–Trinajstić information content (AvgIpc) is 3.03. The van der Waals surface area contributed by atoms with Gasteiger partial charge in [-0.2, -0.15) is 4.98 Å². The van der Waals surface area contributed by atoms with Crippen molar-refractivity contribution in [2.24, 2.45) is 0 Å². The standard InChI is InChI=1S/C17H15ClN2O3/c1-11(21)13-3-2-4-15(9-13)22-10-16-19-17(20-23-16)12-5-7-14(18)8-6-12/h2-9,11,21H,10H2,1H3. The summed E-state index contributed by atoms with van der Waals surface area (Å²) < 4.78 is 10.8. The Balaban J connectivity index is 1.67. The number of aliphatic hydroxyl groups excluding tert-OH is 1. The zero-order valence-electron chi connectivity index (χ0n) is 12.4. The van der Waals surface area contributed by atoms with Crippen LogP contribution < -0.4 is 4.74 Å². The molecule has 0 aliphatic rings. The molecule has 5 nitrogen and oxygen atoms in total. The summed E-state index contributed by atoms with van der Waals surface area (Å²) in [7, 11) is 0. The van der Waals surface area contributed by atoms with Crippen molar-refractivity contribution >= 4 is 11.6 Å². The van der Waals surface area contributed by atoms with Crippen molar-refractivity contribution in [1.82, 2.24) is 10.1 Å². The van der Waals surface area contributed by atoms with Crippen molar-refractivity contribution in [2.75, 3.05) is 0 Å². The van der Waals surface area contributed by atoms with Gasteiger partial charge >= 0.3 is 0 Å². The second kappa shape index (κ2) is 6.81. The smallest absolute Gasteiger partial charge is 0.264 e. The second-order valence-corrected chi connectivity index (χ2v) is 5.49. The van der Waals surface area contributed by atoms with E-state index in [2.05, 4.69) is 10.1 Å². The van der Waals surface area contributed by atoms with E-state index in [1.54, 1.807) is 25.1 Å². The number of benzene rings is 2. The lowest BCUT2D eigenvalue weighted by atomic mass is 10.1. The molecule has 1 aromatic heterocycles. The SMILES string of the molecule is CC(O)c1cccc(OCc2nc(-c3ccc(Cl)cc3)no2)c1. The molecule has 0 radical (unpaired) electrons. The van der Waals surface area contributed by atoms with Gasteiger partial charge in [-0.1, -0.05) is 28.9 Å². The molecule has 23 heavy (non-hydrogen) atoms. The van der Waals surface area contributed by atoms with E-state index in [-0.39, 0.29) is 6.61 Å². The van der Waals surface area contributed by atoms with Gasteiger partial charge in [-0.25, -0.2) is 0 Å². The van der Waals surface area contributed by atoms with Gasteiger partial charge in [-0.3, -0.25) is 0 Å². The minimum absolute atomic E-state index is 0.157. The van der Waals surface area contributed by atoms with Crippen molar-refractivity contribution in [1.29, 1.82) is 0 Å². The van der Waals surface area contributed by atoms with Crippen LogP contribution in [0.15, 0.2) is 53.1 Å². The fraction of sp³-hybridized carbons (Fsp3) is 0.176. The van der Waals surface area contributed by atoms with Gasteiger partial charge in [-0.15, -0.1) is 0 Å². The van der Waals surface area contributed by atoms with Gasteiger partial charge in [0.2, 0.25) is 5.82 Å². The highest BCUT2D eigenvalue weighted by Crippen LogP contribution is 2.21. The molecule has 1 N–H and O–H groups in total. The summed E-state index contributed by atoms with van der Waals surface area (Å²) in [5.41, 5.74) is 1.61. The Morgan fingerprint density at radius 3 is 2.74 bits per heavy atom. The highest BCUT2D eigenvalue weighted by molar-refractivity contribution is 6.30. The first-order valence-electron chi connectivity index (χ1n) is 7.11. The van der Waals surface area contributed by atoms with Crippen molar-refractivity contribution in [2.45, 2.75) is 19.6 Å². The van der Waals surface area contributed by atoms with Crippen LogP contribution in [0.25, 0.3) is 11.4 Å². The molecule has 0 saturated heterocycles. The summed E-state index contributed by atoms with van der Waals surface area (Å²) in [5, 5.41) is 14.2. The van der Waals surface area contributed by atoms with Crippen LogP contribution in [-0.2, 0) is 6.61 Å². The number of ether oxygens (including phenoxy) is 1. The minimum Gasteiger partial charge on any atom is -0.484 e. The third-order valence-electron chi connectivity index (χ3n) is 3.27. The van der Waals surface area contributed by atoms with Gasteiger partial charge in [0.15, 0.2) is 6.61 Å². The molecule has 1 atom stereocenters. The van der Waals surface area contributed by atoms with E-state index >= 15 is 0 Å². The zero-order valence-corrected chi connectivity index (χ0v) is 13.2. The first kappa shape index (κ1) is 15.5. The van der Waals surface area contributed by atoms with E-state index in [1.165, 1.54) is 0 Å². The number of rotatable bonds is 5. The molecule has 2 aromatic carbocycles. The first-order valence-corrected chi connectivity index (χ1v) is 7.49. The molecule has 118 valence electrons. The molecule has 3 rings (SSSR count). The zero-order chi connectivity index (χ0) is 16.2. The molecule has 0 aliphatic carbocycles. The molecule has 0 bridgehead atoms. The normalized spacial score (nSPS) is 12.1. The molecular formula is C17H15ClN2O3. The van der Waals surface area contributed by atoms with Gasteiger partial charge in [0.05, 0.1) is 6.10 Å². The Bertz CT molecular complexity index is 785. The second-order valence-electron chi connectivity index (χ2n) is 5.06. The third kappa shape index (κ3) is 3.88. The average molecular weight is 331 g/mol. The summed E-state index contributed by atoms with van der Waals surface area (Å²) in [6.07, 6.45) is -0.543. The van der Waals surface area contributed by atoms with Crippen LogP contribution in [0.2, 0.25) is 5.02 Å². The lowest BCUT2D eigenvalue weighted by Crippen LogP contribution is -1.97. The summed E-state index contributed by atoms with van der Waals surface area (Å²) in [4.78, 5) is 4.29. The Morgan fingerprint density at radius 2 is 2.00 bits per heavy atom. The number of aliphatic hydroxyl groups is 1. The van der Waals surface area contributed by atoms with E-state index in [9.17, 15) is 5.11 Å². The predicted octanol–water partition coefficient (Wildman–Crippen LogP) is 4.02. The summed E-state index contributed by atoms with van der Waals surface area (Å²) >= 11 is 5.85. The molecule has 0 fully saturated rings. The largest absolute Gasteiger partial charge is 0.484 e. The number of nitrogens with zero attached hydrogens (tertiary/aromatic N) is 2. The van der Waals surface area contributed by atoms with Crippen LogP contribution in [0.1, 0.15) is 24.5 Å². The van der Waals surface area contributed by atoms with Crippen molar-refractivity contribution in [3.63, 3.8) is 0 Å². The van der Waals surface area contributed by atoms with E-state index in [0.29, 0.717) is 22.5 Å². The lowest BCUT2D eigenvalue weighted by Gasteiger charge is -2.07. The van der Waals surface area contributed by atoms with Crippen molar-refractivity contribution < 1.29 is 14.4 Å². The van der Waals surface area contributed by atoms with Crippen molar-refractivity contribution in [3.8, 4) is 17.1 Å². The van der Waals surface area contributed by atoms with Crippen LogP contribution in [0.3, 0.4) is 0 Å². The highest BCUT2D eigenvalue weighted by atomic mass is 35.5. The van der Waals surface area contributed by atoms with Gasteiger partial charge in [0.1, 0.15) is 5.75 Å². The molecule has 3 aromatic rings. The highest BCUT2D eigenvalue weighted by Gasteiger charge is 2.10. The maximum absolute atomic E-state index is 9.58. The van der Waals surface area contributed by atoms with E-state index < -0.39 is 6.10 Å². The molecule has 6 heteroatoms. The Labute approximate surface area is 138 Å². The Morgan fingerprint density at radius 1 is 1.22 bits per heavy atom. The number of hydrogen-bond acceptors (Lipinski definition) is 5. The van der Waals surface area contributed by atoms with Gasteiger partial charge < -0.3 is 14.4 Å². The molecular weight excluding hydrogens is 316 g/mol. The van der Waals surface area contributed by atoms with Crippen LogP contribution >= 0.6 is 11.6 Å². The fourth-order valence-corrected chi connectivity index (χ4v) is 2.16. The minimum atomic E-state index is -0.543. The van der Waals surface area contributed by atoms with Crippen molar-refractivity contribution in [3.05, 3.63) is 65.0 Å². The van der Waals surface area contributed by atoms with Gasteiger partial charge in [0.25, 0.3) is 5.89 Å². The lowest BCUT2D eigenvalue weighted by molar-refractivity contribution is 0.197. The molecule has 1 heterocycles. The Hall–Kier alpha value is -2.37. The molecule has 0 aliphatic heterocycles. The fourth-order valence-electron chi connectivity index (χ4n) is 2.04. The molecule has 0 spiro atoms. The van der Waals surface area contributed by atoms with E-state index in [4.69, 9.17) is 20.9 Å². The monoisotopic (exact) mass is 330 g/mol. The van der Waals surface area contributed by atoms with Gasteiger partial charge in [0, 0.05) is 10.6 Å². The quantitative estimate of drug-likeness (QED) is 0.765. The van der Waals surface area contributed by atoms with Crippen LogP contribution in [0.4, 0.5) is 0 Å². The molecule has 1 unspecified atom stereocenters. The van der Waals surface area contributed by atoms with Gasteiger partial charge in [-0.05, 0) is 48.9 Å². The van der Waals surface area contributed by atoms with E-state index in [1.807, 2.05) is 30.3 Å². The van der Waals surface area contributed by atoms with E-state index in [0.717, 1.165) is 11.1 Å². The summed E-state index contributed by atoms with van der Waals surface area (Å²) in [6.45, 7) is 1.86. The van der Waals surface area contributed by atoms with Crippen LogP contribution in [0.5, 0.6) is 5.75 Å². The molecule has 0 saturated carbocycles. The number of aromatic nitrogens is 2. The maximum atomic E-state index is 9.58. The topological polar surface area (TPSA) is 68.4 Å². The van der Waals surface area contributed by atoms with Crippen LogP contribution in [-0.4, -0.2) is 15.2 Å². The summed E-state index contributed by atoms with van der Waals surface area (Å²) in [5.74, 6) is 1.49. The third-order valence-corrected chi connectivity index (χ3v) is 3.53. The number of halogens is 1. The summed E-state index contributed by atoms with van der Waals surface area (Å²) in [6, 6.07) is 14.4. The predicted molar refractivity (Wildman–Crippen MR) is 86.2 cm³/mol. The first-order chi connectivity index (χ1) is 11.1. The maximum Gasteiger partial charge on any atom is 0.264 e. The molecule has 0 amide bonds. The number of hydrogen-bond donors (Lipinski definition) is 1.